The number of carboxylic acids is 1. The molecule has 5 saturated carbocycles. The van der Waals surface area contributed by atoms with Crippen molar-refractivity contribution in [3.05, 3.63) is 0 Å². The number of aliphatic hydroxyl groups is 20. The molecule has 33 atom stereocenters. The van der Waals surface area contributed by atoms with Crippen LogP contribution in [0, 0.1) is 29.6 Å². The van der Waals surface area contributed by atoms with Crippen LogP contribution >= 0.6 is 0 Å². The molecule has 0 amide bonds. The van der Waals surface area contributed by atoms with Crippen molar-refractivity contribution in [1.29, 1.82) is 0 Å². The number of hydrogen-bond acceptors (Lipinski definition) is 40. The number of fused-ring (bicyclic) bond motifs is 1. The molecule has 11 fully saturated rings. The van der Waals surface area contributed by atoms with Gasteiger partial charge in [-0.3, -0.25) is 24.0 Å². The number of esters is 4. The summed E-state index contributed by atoms with van der Waals surface area (Å²) in [4.78, 5) is 63.6. The van der Waals surface area contributed by atoms with E-state index in [0.29, 0.717) is 38.5 Å². The Kier molecular flexibility index (Phi) is 30.4. The first kappa shape index (κ1) is 87.0. The van der Waals surface area contributed by atoms with Gasteiger partial charge in [0.15, 0.2) is 31.5 Å². The fourth-order valence-corrected chi connectivity index (χ4v) is 16.8. The number of rotatable bonds is 25. The maximum absolute atomic E-state index is 13.9. The lowest BCUT2D eigenvalue weighted by molar-refractivity contribution is -0.375. The van der Waals surface area contributed by atoms with E-state index in [0.717, 1.165) is 0 Å². The van der Waals surface area contributed by atoms with E-state index in [1.807, 2.05) is 0 Å². The van der Waals surface area contributed by atoms with Gasteiger partial charge in [-0.2, -0.15) is 0 Å². The Morgan fingerprint density at radius 2 is 0.700 bits per heavy atom. The average Bonchev–Trinajstić information content (AvgIpc) is 0.755. The molecular formula is C69H108O41. The SMILES string of the molecule is O=C(O)CC(=O)OCC1OC(OC2CC3C(O)CC(OC4OC(COC(=O)C5CCC(OC6OC(COC(=O)C7CCC(OC8OC(CO)C(O)C(O)C8O)CC7)C(O)C(O)C6O)CC5)C(O)C(O)C4OC4OC(COC(=O)C5CCC(O)CC5)C(O)C(O)C4O)CC3OC2C2CC(O)C(O)C(O)C2)C(O)C(O)C1O. The van der Waals surface area contributed by atoms with Gasteiger partial charge in [0.25, 0.3) is 0 Å². The minimum atomic E-state index is -2.11. The molecule has 41 heteroatoms. The molecule has 33 unspecified atom stereocenters. The minimum Gasteiger partial charge on any atom is -0.481 e. The highest BCUT2D eigenvalue weighted by atomic mass is 16.8. The van der Waals surface area contributed by atoms with Crippen molar-refractivity contribution in [3.63, 3.8) is 0 Å². The summed E-state index contributed by atoms with van der Waals surface area (Å²) in [5.74, 6) is -8.73. The number of aliphatic hydroxyl groups excluding tert-OH is 20. The number of carbonyl (C=O) groups is 5. The summed E-state index contributed by atoms with van der Waals surface area (Å²) < 4.78 is 88.5. The molecule has 630 valence electrons. The van der Waals surface area contributed by atoms with Gasteiger partial charge in [-0.15, -0.1) is 0 Å². The van der Waals surface area contributed by atoms with Crippen molar-refractivity contribution in [2.24, 2.45) is 29.6 Å². The highest BCUT2D eigenvalue weighted by Crippen LogP contribution is 2.46. The van der Waals surface area contributed by atoms with E-state index >= 15 is 0 Å². The van der Waals surface area contributed by atoms with Gasteiger partial charge >= 0.3 is 29.8 Å². The van der Waals surface area contributed by atoms with Crippen LogP contribution in [0.2, 0.25) is 0 Å². The monoisotopic (exact) mass is 1590 g/mol. The molecular weight excluding hydrogens is 1480 g/mol. The predicted molar refractivity (Wildman–Crippen MR) is 350 cm³/mol. The normalized spacial score (nSPS) is 48.2. The van der Waals surface area contributed by atoms with E-state index in [-0.39, 0.29) is 70.6 Å². The fraction of sp³-hybridized carbons (Fsp3) is 0.928. The maximum atomic E-state index is 13.9. The van der Waals surface area contributed by atoms with E-state index in [1.165, 1.54) is 0 Å². The minimum absolute atomic E-state index is 0.105. The van der Waals surface area contributed by atoms with Crippen LogP contribution in [0.15, 0.2) is 0 Å². The Bertz CT molecular complexity index is 2940. The van der Waals surface area contributed by atoms with Crippen molar-refractivity contribution in [1.82, 2.24) is 0 Å². The summed E-state index contributed by atoms with van der Waals surface area (Å²) in [6.45, 7) is -3.45. The molecule has 6 saturated heterocycles. The maximum Gasteiger partial charge on any atom is 0.317 e. The zero-order chi connectivity index (χ0) is 79.4. The van der Waals surface area contributed by atoms with Gasteiger partial charge in [0.1, 0.15) is 161 Å². The molecule has 6 aliphatic heterocycles. The summed E-state index contributed by atoms with van der Waals surface area (Å²) in [5, 5.41) is 227. The Labute approximate surface area is 629 Å². The van der Waals surface area contributed by atoms with Crippen LogP contribution in [0.4, 0.5) is 0 Å². The molecule has 5 aliphatic carbocycles. The highest BCUT2D eigenvalue weighted by Gasteiger charge is 2.58. The number of hydrogen-bond donors (Lipinski definition) is 21. The van der Waals surface area contributed by atoms with Gasteiger partial charge < -0.3 is 178 Å². The second-order valence-corrected chi connectivity index (χ2v) is 31.1. The number of ether oxygens (including phenoxy) is 15. The lowest BCUT2D eigenvalue weighted by Crippen LogP contribution is -2.65. The van der Waals surface area contributed by atoms with Crippen LogP contribution in [-0.4, -0.2) is 391 Å². The first-order valence-electron chi connectivity index (χ1n) is 37.9. The van der Waals surface area contributed by atoms with Crippen molar-refractivity contribution in [3.8, 4) is 0 Å². The standard InChI is InChI=1S/C69H108O41/c70-19-38-46(79)51(84)56(89)65(105-38)100-29-9-3-25(4-10-29)63(94)98-21-40-48(81)52(85)57(90)66(106-40)101-30-11-5-26(6-12-30)64(95)99-23-42-50(83)55(88)61(110-68-59(92)54(87)49(82)41(108-68)22-97-62(93)24-1-7-28(71)8-2-24)69(109-42)102-31-15-33(72)32-17-37(60(103-36(32)16-31)27-13-34(73)45(78)35(74)14-27)104-67-58(91)53(86)47(80)39(107-67)20-96-44(77)18-43(75)76/h24-42,45-61,65-74,78-92H,1-23H2,(H,75,76). The Balaban J connectivity index is 0.725. The molecule has 41 nitrogen and oxygen atoms in total. The first-order valence-corrected chi connectivity index (χ1v) is 37.9. The molecule has 0 spiro atoms. The summed E-state index contributed by atoms with van der Waals surface area (Å²) in [6, 6.07) is 0. The topological polar surface area (TPSA) is 649 Å². The zero-order valence-corrected chi connectivity index (χ0v) is 60.0. The summed E-state index contributed by atoms with van der Waals surface area (Å²) >= 11 is 0. The molecule has 11 rings (SSSR count). The Hall–Kier alpha value is -3.89. The van der Waals surface area contributed by atoms with Crippen molar-refractivity contribution in [2.45, 2.75) is 336 Å². The molecule has 0 radical (unpaired) electrons. The van der Waals surface area contributed by atoms with Crippen molar-refractivity contribution >= 4 is 29.8 Å². The van der Waals surface area contributed by atoms with E-state index < -0.39 is 320 Å². The number of carbonyl (C=O) groups excluding carboxylic acids is 4. The molecule has 0 bridgehead atoms. The quantitative estimate of drug-likeness (QED) is 0.0229. The number of carboxylic acid groups (broad SMARTS) is 1. The van der Waals surface area contributed by atoms with Crippen molar-refractivity contribution < 1.29 is 202 Å². The largest absolute Gasteiger partial charge is 0.481 e. The summed E-state index contributed by atoms with van der Waals surface area (Å²) in [5.41, 5.74) is 0. The highest BCUT2D eigenvalue weighted by molar-refractivity contribution is 5.90. The van der Waals surface area contributed by atoms with Gasteiger partial charge in [-0.05, 0) is 102 Å². The lowest BCUT2D eigenvalue weighted by atomic mass is 9.72. The molecule has 11 aliphatic rings. The molecule has 0 aromatic carbocycles. The second-order valence-electron chi connectivity index (χ2n) is 31.1. The van der Waals surface area contributed by atoms with E-state index in [9.17, 15) is 126 Å². The fourth-order valence-electron chi connectivity index (χ4n) is 16.8. The van der Waals surface area contributed by atoms with Crippen LogP contribution in [0.5, 0.6) is 0 Å². The summed E-state index contributed by atoms with van der Waals surface area (Å²) in [7, 11) is 0. The third kappa shape index (κ3) is 20.5. The van der Waals surface area contributed by atoms with Crippen LogP contribution in [-0.2, 0) is 95.0 Å². The Morgan fingerprint density at radius 3 is 1.14 bits per heavy atom. The number of aliphatic carboxylic acids is 1. The van der Waals surface area contributed by atoms with Gasteiger partial charge in [-0.1, -0.05) is 0 Å². The van der Waals surface area contributed by atoms with Gasteiger partial charge in [-0.25, -0.2) is 0 Å². The van der Waals surface area contributed by atoms with Crippen LogP contribution in [0.25, 0.3) is 0 Å². The molecule has 0 aromatic heterocycles. The average molecular weight is 1590 g/mol. The Morgan fingerprint density at radius 1 is 0.327 bits per heavy atom. The summed E-state index contributed by atoms with van der Waals surface area (Å²) in [6.07, 6.45) is -55.9. The molecule has 6 heterocycles. The molecule has 0 aromatic rings. The van der Waals surface area contributed by atoms with Crippen LogP contribution < -0.4 is 0 Å². The molecule has 110 heavy (non-hydrogen) atoms. The van der Waals surface area contributed by atoms with E-state index in [4.69, 9.17) is 76.2 Å². The first-order chi connectivity index (χ1) is 52.3. The third-order valence-electron chi connectivity index (χ3n) is 23.5. The third-order valence-corrected chi connectivity index (χ3v) is 23.5. The van der Waals surface area contributed by atoms with Gasteiger partial charge in [0, 0.05) is 18.8 Å². The van der Waals surface area contributed by atoms with Gasteiger partial charge in [0.2, 0.25) is 0 Å². The second kappa shape index (κ2) is 38.5. The van der Waals surface area contributed by atoms with Crippen molar-refractivity contribution in [2.75, 3.05) is 33.0 Å². The van der Waals surface area contributed by atoms with Gasteiger partial charge in [0.05, 0.1) is 85.4 Å². The lowest BCUT2D eigenvalue weighted by Gasteiger charge is -2.52. The predicted octanol–water partition coefficient (Wildman–Crippen LogP) is -9.42. The van der Waals surface area contributed by atoms with Crippen LogP contribution in [0.1, 0.15) is 116 Å². The molecule has 21 N–H and O–H groups in total. The van der Waals surface area contributed by atoms with Crippen LogP contribution in [0.3, 0.4) is 0 Å². The van der Waals surface area contributed by atoms with E-state index in [1.54, 1.807) is 0 Å². The smallest absolute Gasteiger partial charge is 0.317 e. The zero-order valence-electron chi connectivity index (χ0n) is 60.0. The van der Waals surface area contributed by atoms with E-state index in [2.05, 4.69) is 0 Å².